The molecule has 0 aliphatic carbocycles. The van der Waals surface area contributed by atoms with Crippen LogP contribution in [0.2, 0.25) is 0 Å². The third-order valence-corrected chi connectivity index (χ3v) is 2.02. The molecule has 1 aliphatic heterocycles. The van der Waals surface area contributed by atoms with Crippen molar-refractivity contribution in [2.45, 2.75) is 19.4 Å². The number of hydrogen-bond donors (Lipinski definition) is 0. The summed E-state index contributed by atoms with van der Waals surface area (Å²) in [6, 6.07) is 0.284. The minimum atomic E-state index is 0.284. The van der Waals surface area contributed by atoms with Gasteiger partial charge in [0.1, 0.15) is 5.82 Å². The number of aryl methyl sites for hydroxylation is 1. The van der Waals surface area contributed by atoms with Gasteiger partial charge in [-0.05, 0) is 13.3 Å². The summed E-state index contributed by atoms with van der Waals surface area (Å²) in [5.74, 6) is 0.722. The molecule has 0 saturated carbocycles. The molecule has 1 aliphatic rings. The Morgan fingerprint density at radius 1 is 1.67 bits per heavy atom. The van der Waals surface area contributed by atoms with Gasteiger partial charge >= 0.3 is 0 Å². The Balaban J connectivity index is 2.25. The summed E-state index contributed by atoms with van der Waals surface area (Å²) >= 11 is 0. The van der Waals surface area contributed by atoms with Crippen LogP contribution in [-0.2, 0) is 4.74 Å². The first kappa shape index (κ1) is 7.80. The van der Waals surface area contributed by atoms with Gasteiger partial charge < -0.3 is 4.74 Å². The van der Waals surface area contributed by atoms with Gasteiger partial charge in [-0.15, -0.1) is 0 Å². The van der Waals surface area contributed by atoms with Gasteiger partial charge in [0, 0.05) is 6.61 Å². The van der Waals surface area contributed by atoms with Crippen molar-refractivity contribution in [2.24, 2.45) is 0 Å². The van der Waals surface area contributed by atoms with E-state index in [0.717, 1.165) is 18.9 Å². The highest BCUT2D eigenvalue weighted by Crippen LogP contribution is 2.15. The maximum atomic E-state index is 5.66. The summed E-state index contributed by atoms with van der Waals surface area (Å²) in [4.78, 5) is 4.03. The normalized spacial score (nSPS) is 23.2. The third-order valence-electron chi connectivity index (χ3n) is 2.02. The molecular weight excluding hydrogens is 153 g/mol. The molecule has 2 heterocycles. The van der Waals surface area contributed by atoms with E-state index < -0.39 is 0 Å². The lowest BCUT2D eigenvalue weighted by Gasteiger charge is -2.08. The van der Waals surface area contributed by atoms with Crippen LogP contribution in [-0.4, -0.2) is 35.8 Å². The Morgan fingerprint density at radius 2 is 2.50 bits per heavy atom. The van der Waals surface area contributed by atoms with Gasteiger partial charge in [-0.2, -0.15) is 5.10 Å². The topological polar surface area (TPSA) is 39.9 Å². The lowest BCUT2D eigenvalue weighted by Crippen LogP contribution is -2.25. The number of nitrogens with zero attached hydrogens (tertiary/aromatic N) is 3. The average Bonchev–Trinajstić information content (AvgIpc) is 2.58. The predicted octanol–water partition coefficient (Wildman–Crippen LogP) is -0.658. The van der Waals surface area contributed by atoms with Gasteiger partial charge in [0.2, 0.25) is 0 Å². The van der Waals surface area contributed by atoms with Gasteiger partial charge in [-0.25, -0.2) is 4.98 Å². The smallest absolute Gasteiger partial charge is 0.169 e. The van der Waals surface area contributed by atoms with Crippen LogP contribution >= 0.6 is 0 Å². The van der Waals surface area contributed by atoms with Crippen LogP contribution in [0.25, 0.3) is 0 Å². The molecule has 1 aromatic rings. The van der Waals surface area contributed by atoms with Crippen molar-refractivity contribution in [3.05, 3.63) is 5.82 Å². The Labute approximate surface area is 72.3 Å². The minimum Gasteiger partial charge on any atom is -0.379 e. The lowest BCUT2D eigenvalue weighted by atomic mass is 10.1. The summed E-state index contributed by atoms with van der Waals surface area (Å²) in [5.41, 5.74) is 0.489. The molecule has 12 heavy (non-hydrogen) atoms. The molecule has 2 rings (SSSR count). The highest BCUT2D eigenvalue weighted by Gasteiger charge is 2.19. The second kappa shape index (κ2) is 2.90. The van der Waals surface area contributed by atoms with Crippen molar-refractivity contribution in [1.29, 1.82) is 0 Å². The molecule has 1 fully saturated rings. The zero-order chi connectivity index (χ0) is 8.55. The van der Waals surface area contributed by atoms with E-state index >= 15 is 0 Å². The second-order valence-corrected chi connectivity index (χ2v) is 2.98. The minimum absolute atomic E-state index is 0.284. The quantitative estimate of drug-likeness (QED) is 0.516. The maximum absolute atomic E-state index is 5.66. The van der Waals surface area contributed by atoms with Crippen LogP contribution in [0.4, 0.5) is 0 Å². The molecule has 0 amide bonds. The largest absolute Gasteiger partial charge is 0.379 e. The van der Waals surface area contributed by atoms with Crippen molar-refractivity contribution < 1.29 is 4.74 Å². The van der Waals surface area contributed by atoms with E-state index in [1.54, 1.807) is 4.68 Å². The van der Waals surface area contributed by atoms with Crippen molar-refractivity contribution in [2.75, 3.05) is 13.2 Å². The molecule has 62 valence electrons. The van der Waals surface area contributed by atoms with Gasteiger partial charge in [0.05, 0.1) is 18.4 Å². The second-order valence-electron chi connectivity index (χ2n) is 2.98. The number of ether oxygens (including phenoxy) is 1. The van der Waals surface area contributed by atoms with Gasteiger partial charge in [0.25, 0.3) is 0 Å². The monoisotopic (exact) mass is 163 g/mol. The molecule has 1 aromatic heterocycles. The first-order valence-electron chi connectivity index (χ1n) is 4.04. The summed E-state index contributed by atoms with van der Waals surface area (Å²) in [6.07, 6.45) is 0.979. The molecule has 1 saturated heterocycles. The molecule has 1 unspecified atom stereocenters. The van der Waals surface area contributed by atoms with Crippen LogP contribution in [0, 0.1) is 6.92 Å². The summed E-state index contributed by atoms with van der Waals surface area (Å²) in [7, 11) is 5.66. The Hall–Kier alpha value is -0.835. The number of rotatable bonds is 1. The van der Waals surface area contributed by atoms with Crippen LogP contribution in [0.1, 0.15) is 18.3 Å². The highest BCUT2D eigenvalue weighted by atomic mass is 16.5. The fourth-order valence-corrected chi connectivity index (χ4v) is 1.43. The lowest BCUT2D eigenvalue weighted by molar-refractivity contribution is 0.185. The zero-order valence-electron chi connectivity index (χ0n) is 7.03. The van der Waals surface area contributed by atoms with E-state index in [-0.39, 0.29) is 6.04 Å². The molecule has 1 atom stereocenters. The first-order chi connectivity index (χ1) is 5.77. The molecule has 0 aromatic carbocycles. The van der Waals surface area contributed by atoms with E-state index in [2.05, 4.69) is 10.1 Å². The standard InChI is InChI=1S/C7H10BN3O/c1-5-9-7(8)11(10-5)6-2-3-12-4-6/h6H,2-4H2,1H3. The van der Waals surface area contributed by atoms with Crippen molar-refractivity contribution in [1.82, 2.24) is 14.8 Å². The Bertz CT molecular complexity index is 280. The summed E-state index contributed by atoms with van der Waals surface area (Å²) in [5, 5.41) is 4.19. The molecule has 0 bridgehead atoms. The van der Waals surface area contributed by atoms with Crippen molar-refractivity contribution in [3.63, 3.8) is 0 Å². The van der Waals surface area contributed by atoms with Crippen LogP contribution in [0.15, 0.2) is 0 Å². The van der Waals surface area contributed by atoms with Gasteiger partial charge in [-0.3, -0.25) is 4.68 Å². The van der Waals surface area contributed by atoms with Crippen molar-refractivity contribution in [3.8, 4) is 0 Å². The van der Waals surface area contributed by atoms with E-state index in [1.807, 2.05) is 6.92 Å². The molecule has 5 heteroatoms. The third kappa shape index (κ3) is 1.24. The Morgan fingerprint density at radius 3 is 3.00 bits per heavy atom. The van der Waals surface area contributed by atoms with Crippen LogP contribution in [0.5, 0.6) is 0 Å². The number of aromatic nitrogens is 3. The highest BCUT2D eigenvalue weighted by molar-refractivity contribution is 6.29. The molecule has 0 N–H and O–H groups in total. The molecule has 2 radical (unpaired) electrons. The first-order valence-corrected chi connectivity index (χ1v) is 4.04. The predicted molar refractivity (Wildman–Crippen MR) is 44.6 cm³/mol. The Kier molecular flexibility index (Phi) is 1.88. The molecular formula is C7H10BN3O. The summed E-state index contributed by atoms with van der Waals surface area (Å²) < 4.78 is 6.98. The maximum Gasteiger partial charge on any atom is 0.169 e. The molecule has 4 nitrogen and oxygen atoms in total. The fourth-order valence-electron chi connectivity index (χ4n) is 1.43. The zero-order valence-corrected chi connectivity index (χ0v) is 7.03. The van der Waals surface area contributed by atoms with E-state index in [4.69, 9.17) is 12.6 Å². The van der Waals surface area contributed by atoms with E-state index in [9.17, 15) is 0 Å². The summed E-state index contributed by atoms with van der Waals surface area (Å²) in [6.45, 7) is 3.33. The SMILES string of the molecule is [B]c1nc(C)nn1C1CCOC1. The van der Waals surface area contributed by atoms with Crippen molar-refractivity contribution >= 4 is 13.6 Å². The van der Waals surface area contributed by atoms with Crippen LogP contribution < -0.4 is 5.72 Å². The van der Waals surface area contributed by atoms with E-state index in [0.29, 0.717) is 12.3 Å². The van der Waals surface area contributed by atoms with Gasteiger partial charge in [0.15, 0.2) is 7.85 Å². The fraction of sp³-hybridized carbons (Fsp3) is 0.714. The van der Waals surface area contributed by atoms with Crippen LogP contribution in [0.3, 0.4) is 0 Å². The average molecular weight is 163 g/mol. The van der Waals surface area contributed by atoms with E-state index in [1.165, 1.54) is 0 Å². The number of hydrogen-bond acceptors (Lipinski definition) is 3. The van der Waals surface area contributed by atoms with Gasteiger partial charge in [-0.1, -0.05) is 0 Å². The molecule has 0 spiro atoms.